The molecule has 6 nitrogen and oxygen atoms in total. The van der Waals surface area contributed by atoms with Gasteiger partial charge in [0.15, 0.2) is 4.96 Å². The lowest BCUT2D eigenvalue weighted by molar-refractivity contribution is 0.0958. The van der Waals surface area contributed by atoms with Crippen molar-refractivity contribution in [3.63, 3.8) is 0 Å². The first-order chi connectivity index (χ1) is 14.8. The topological polar surface area (TPSA) is 71.3 Å². The standard InChI is InChI=1S/C20H18FN5OS/c1-22-19(27)15-8-18-17(9-24-15)26-10-16(25-20(26)28-18)12-5-4-11(7-13(12)21)14-3-2-6-23-14/h4-5,7-10,14,23H,2-3,6H2,1H3,(H,22,27)/i1D3. The molecule has 2 N–H and O–H groups in total. The molecular weight excluding hydrogens is 377 g/mol. The number of imidazole rings is 1. The first-order valence-corrected chi connectivity index (χ1v) is 9.73. The van der Waals surface area contributed by atoms with Crippen molar-refractivity contribution in [1.82, 2.24) is 25.0 Å². The van der Waals surface area contributed by atoms with Crippen molar-refractivity contribution in [2.45, 2.75) is 18.9 Å². The summed E-state index contributed by atoms with van der Waals surface area (Å²) in [4.78, 5) is 21.3. The summed E-state index contributed by atoms with van der Waals surface area (Å²) in [6.07, 6.45) is 5.32. The number of carbonyl (C=O) groups is 1. The fraction of sp³-hybridized carbons (Fsp3) is 0.250. The molecule has 3 aromatic heterocycles. The summed E-state index contributed by atoms with van der Waals surface area (Å²) >= 11 is 1.31. The van der Waals surface area contributed by atoms with Crippen molar-refractivity contribution in [3.05, 3.63) is 53.7 Å². The Morgan fingerprint density at radius 3 is 3.18 bits per heavy atom. The van der Waals surface area contributed by atoms with Gasteiger partial charge in [-0.15, -0.1) is 0 Å². The number of pyridine rings is 1. The lowest BCUT2D eigenvalue weighted by Crippen LogP contribution is -2.18. The molecule has 0 aliphatic carbocycles. The van der Waals surface area contributed by atoms with Gasteiger partial charge in [0.2, 0.25) is 0 Å². The molecule has 1 saturated heterocycles. The molecule has 142 valence electrons. The minimum Gasteiger partial charge on any atom is -0.354 e. The molecule has 1 unspecified atom stereocenters. The highest BCUT2D eigenvalue weighted by atomic mass is 32.1. The van der Waals surface area contributed by atoms with Gasteiger partial charge in [0.25, 0.3) is 5.91 Å². The molecule has 5 rings (SSSR count). The lowest BCUT2D eigenvalue weighted by atomic mass is 10.0. The monoisotopic (exact) mass is 398 g/mol. The second-order valence-electron chi connectivity index (χ2n) is 6.76. The molecular formula is C20H18FN5OS. The van der Waals surface area contributed by atoms with Crippen molar-refractivity contribution in [3.8, 4) is 11.3 Å². The fourth-order valence-corrected chi connectivity index (χ4v) is 4.66. The van der Waals surface area contributed by atoms with E-state index in [2.05, 4.69) is 15.3 Å². The Hall–Kier alpha value is -2.84. The second-order valence-corrected chi connectivity index (χ2v) is 7.77. The Morgan fingerprint density at radius 1 is 1.46 bits per heavy atom. The van der Waals surface area contributed by atoms with E-state index in [1.54, 1.807) is 22.7 Å². The molecule has 28 heavy (non-hydrogen) atoms. The SMILES string of the molecule is [2H]C([2H])([2H])NC(=O)c1cc2sc3nc(-c4ccc(C5CCCN5)cc4F)cn3c2cn1. The Kier molecular flexibility index (Phi) is 3.37. The molecule has 0 bridgehead atoms. The lowest BCUT2D eigenvalue weighted by Gasteiger charge is -2.11. The molecule has 1 fully saturated rings. The number of aromatic nitrogens is 3. The molecule has 0 spiro atoms. The van der Waals surface area contributed by atoms with Crippen LogP contribution < -0.4 is 10.6 Å². The van der Waals surface area contributed by atoms with E-state index in [0.717, 1.165) is 29.6 Å². The summed E-state index contributed by atoms with van der Waals surface area (Å²) in [5.41, 5.74) is 2.59. The normalized spacial score (nSPS) is 18.9. The number of nitrogens with one attached hydrogen (secondary N) is 2. The quantitative estimate of drug-likeness (QED) is 0.554. The van der Waals surface area contributed by atoms with E-state index >= 15 is 0 Å². The van der Waals surface area contributed by atoms with Crippen LogP contribution in [0.4, 0.5) is 4.39 Å². The number of benzene rings is 1. The van der Waals surface area contributed by atoms with Gasteiger partial charge in [-0.05, 0) is 43.1 Å². The molecule has 4 heterocycles. The Bertz CT molecular complexity index is 1310. The molecule has 8 heteroatoms. The van der Waals surface area contributed by atoms with Gasteiger partial charge in [-0.1, -0.05) is 17.4 Å². The number of fused-ring (bicyclic) bond motifs is 3. The fourth-order valence-electron chi connectivity index (χ4n) is 3.64. The zero-order chi connectivity index (χ0) is 21.8. The number of rotatable bonds is 3. The highest BCUT2D eigenvalue weighted by Crippen LogP contribution is 2.32. The molecule has 1 aromatic carbocycles. The number of thiazole rings is 1. The Morgan fingerprint density at radius 2 is 2.39 bits per heavy atom. The molecule has 0 radical (unpaired) electrons. The van der Waals surface area contributed by atoms with Gasteiger partial charge in [-0.2, -0.15) is 0 Å². The molecule has 1 aliphatic rings. The molecule has 1 amide bonds. The minimum absolute atomic E-state index is 0.00973. The van der Waals surface area contributed by atoms with Gasteiger partial charge in [-0.3, -0.25) is 9.20 Å². The highest BCUT2D eigenvalue weighted by molar-refractivity contribution is 7.23. The van der Waals surface area contributed by atoms with Crippen molar-refractivity contribution in [2.75, 3.05) is 13.5 Å². The average molecular weight is 398 g/mol. The van der Waals surface area contributed by atoms with Gasteiger partial charge in [0.1, 0.15) is 11.5 Å². The Labute approximate surface area is 168 Å². The van der Waals surface area contributed by atoms with Crippen LogP contribution in [0.1, 0.15) is 39.0 Å². The summed E-state index contributed by atoms with van der Waals surface area (Å²) in [7, 11) is 0. The van der Waals surface area contributed by atoms with E-state index in [0.29, 0.717) is 21.7 Å². The number of carbonyl (C=O) groups excluding carboxylic acids is 1. The van der Waals surface area contributed by atoms with Crippen molar-refractivity contribution in [1.29, 1.82) is 0 Å². The second kappa shape index (κ2) is 6.65. The van der Waals surface area contributed by atoms with Crippen LogP contribution in [0.3, 0.4) is 0 Å². The molecule has 4 aromatic rings. The van der Waals surface area contributed by atoms with Crippen LogP contribution in [0.15, 0.2) is 36.7 Å². The van der Waals surface area contributed by atoms with E-state index in [9.17, 15) is 9.18 Å². The largest absolute Gasteiger partial charge is 0.354 e. The van der Waals surface area contributed by atoms with E-state index in [1.165, 1.54) is 23.6 Å². The summed E-state index contributed by atoms with van der Waals surface area (Å²) in [6, 6.07) is 6.99. The minimum atomic E-state index is -2.58. The van der Waals surface area contributed by atoms with Gasteiger partial charge < -0.3 is 10.6 Å². The summed E-state index contributed by atoms with van der Waals surface area (Å²) < 4.78 is 38.8. The predicted molar refractivity (Wildman–Crippen MR) is 107 cm³/mol. The molecule has 1 aliphatic heterocycles. The van der Waals surface area contributed by atoms with E-state index < -0.39 is 12.9 Å². The molecule has 0 saturated carbocycles. The van der Waals surface area contributed by atoms with E-state index in [-0.39, 0.29) is 17.6 Å². The number of halogens is 1. The van der Waals surface area contributed by atoms with Gasteiger partial charge in [0.05, 0.1) is 22.1 Å². The van der Waals surface area contributed by atoms with Gasteiger partial charge in [0, 0.05) is 28.9 Å². The Balaban J connectivity index is 1.47. The van der Waals surface area contributed by atoms with Crippen molar-refractivity contribution >= 4 is 32.4 Å². The van der Waals surface area contributed by atoms with Crippen LogP contribution in [0.2, 0.25) is 0 Å². The number of nitrogens with zero attached hydrogens (tertiary/aromatic N) is 3. The maximum atomic E-state index is 14.8. The van der Waals surface area contributed by atoms with Crippen LogP contribution in [0.5, 0.6) is 0 Å². The van der Waals surface area contributed by atoms with Crippen LogP contribution in [0, 0.1) is 5.82 Å². The third-order valence-corrected chi connectivity index (χ3v) is 6.08. The number of amides is 1. The van der Waals surface area contributed by atoms with Gasteiger partial charge in [-0.25, -0.2) is 14.4 Å². The highest BCUT2D eigenvalue weighted by Gasteiger charge is 2.19. The predicted octanol–water partition coefficient (Wildman–Crippen LogP) is 3.53. The summed E-state index contributed by atoms with van der Waals surface area (Å²) in [6.45, 7) is -1.63. The van der Waals surface area contributed by atoms with Gasteiger partial charge >= 0.3 is 0 Å². The zero-order valence-electron chi connectivity index (χ0n) is 17.7. The smallest absolute Gasteiger partial charge is 0.269 e. The van der Waals surface area contributed by atoms with Crippen molar-refractivity contribution in [2.24, 2.45) is 0 Å². The van der Waals surface area contributed by atoms with Crippen LogP contribution >= 0.6 is 11.3 Å². The maximum absolute atomic E-state index is 14.8. The number of hydrogen-bond donors (Lipinski definition) is 2. The average Bonchev–Trinajstić information content (AvgIpc) is 3.42. The maximum Gasteiger partial charge on any atom is 0.269 e. The first kappa shape index (κ1) is 14.2. The van der Waals surface area contributed by atoms with E-state index in [4.69, 9.17) is 4.11 Å². The first-order valence-electron chi connectivity index (χ1n) is 10.4. The van der Waals surface area contributed by atoms with Crippen LogP contribution in [0.25, 0.3) is 26.4 Å². The van der Waals surface area contributed by atoms with E-state index in [1.807, 2.05) is 11.4 Å². The number of hydrogen-bond acceptors (Lipinski definition) is 5. The zero-order valence-corrected chi connectivity index (χ0v) is 15.5. The van der Waals surface area contributed by atoms with Crippen molar-refractivity contribution < 1.29 is 13.3 Å². The third-order valence-electron chi connectivity index (χ3n) is 5.06. The summed E-state index contributed by atoms with van der Waals surface area (Å²) in [5.74, 6) is -1.09. The van der Waals surface area contributed by atoms with Crippen LogP contribution in [-0.2, 0) is 0 Å². The summed E-state index contributed by atoms with van der Waals surface area (Å²) in [5, 5.41) is 5.29. The van der Waals surface area contributed by atoms with Crippen LogP contribution in [-0.4, -0.2) is 33.8 Å². The third kappa shape index (κ3) is 2.76. The molecule has 1 atom stereocenters.